The number of rotatable bonds is 8. The fourth-order valence-electron chi connectivity index (χ4n) is 2.39. The van der Waals surface area contributed by atoms with Crippen molar-refractivity contribution in [2.24, 2.45) is 0 Å². The zero-order valence-electron chi connectivity index (χ0n) is 14.6. The zero-order valence-corrected chi connectivity index (χ0v) is 14.6. The molecule has 24 heavy (non-hydrogen) atoms. The summed E-state index contributed by atoms with van der Waals surface area (Å²) < 4.78 is 6.12. The normalized spacial score (nSPS) is 13.1. The van der Waals surface area contributed by atoms with Crippen LogP contribution in [0.15, 0.2) is 54.6 Å². The molecule has 2 unspecified atom stereocenters. The second-order valence-electron chi connectivity index (χ2n) is 5.80. The molecule has 0 bridgehead atoms. The van der Waals surface area contributed by atoms with Gasteiger partial charge in [-0.2, -0.15) is 0 Å². The minimum Gasteiger partial charge on any atom is -0.476 e. The van der Waals surface area contributed by atoms with Crippen molar-refractivity contribution in [3.8, 4) is 5.75 Å². The molecule has 0 aliphatic carbocycles. The van der Waals surface area contributed by atoms with Gasteiger partial charge in [0.15, 0.2) is 0 Å². The van der Waals surface area contributed by atoms with Crippen LogP contribution in [0.25, 0.3) is 0 Å². The summed E-state index contributed by atoms with van der Waals surface area (Å²) in [6, 6.07) is 17.7. The van der Waals surface area contributed by atoms with E-state index in [-0.39, 0.29) is 11.9 Å². The Labute approximate surface area is 144 Å². The van der Waals surface area contributed by atoms with Crippen molar-refractivity contribution in [2.45, 2.75) is 32.4 Å². The molecule has 2 atom stereocenters. The van der Waals surface area contributed by atoms with Crippen LogP contribution in [-0.4, -0.2) is 25.5 Å². The van der Waals surface area contributed by atoms with E-state index in [1.54, 1.807) is 0 Å². The molecule has 2 aromatic rings. The fourth-order valence-corrected chi connectivity index (χ4v) is 2.39. The van der Waals surface area contributed by atoms with Crippen molar-refractivity contribution < 1.29 is 9.53 Å². The molecule has 0 radical (unpaired) electrons. The van der Waals surface area contributed by atoms with Crippen LogP contribution in [-0.2, 0) is 11.2 Å². The number of nitrogens with one attached hydrogen (secondary N) is 2. The molecule has 128 valence electrons. The Morgan fingerprint density at radius 3 is 2.42 bits per heavy atom. The average molecular weight is 326 g/mol. The van der Waals surface area contributed by atoms with E-state index in [4.69, 9.17) is 4.74 Å². The summed E-state index contributed by atoms with van der Waals surface area (Å²) in [5.74, 6) is 0.625. The molecule has 0 spiro atoms. The minimum atomic E-state index is -0.664. The van der Waals surface area contributed by atoms with E-state index in [1.165, 1.54) is 0 Å². The molecule has 0 fully saturated rings. The summed E-state index contributed by atoms with van der Waals surface area (Å²) in [5, 5.41) is 6.07. The largest absolute Gasteiger partial charge is 0.476 e. The van der Waals surface area contributed by atoms with Gasteiger partial charge in [-0.25, -0.2) is 0 Å². The molecule has 0 heterocycles. The van der Waals surface area contributed by atoms with Gasteiger partial charge in [-0.3, -0.25) is 4.79 Å². The molecule has 2 rings (SSSR count). The van der Waals surface area contributed by atoms with Gasteiger partial charge < -0.3 is 15.4 Å². The standard InChI is InChI=1S/C20H26N2O2/c1-4-16-10-8-9-13-18(16)24-19(17-11-6-5-7-12-17)20(23)22-14-15(2)21-3/h5-13,15,19,21H,4,14H2,1-3H3,(H,22,23). The third-order valence-corrected chi connectivity index (χ3v) is 4.01. The van der Waals surface area contributed by atoms with Gasteiger partial charge in [0.1, 0.15) is 5.75 Å². The highest BCUT2D eigenvalue weighted by atomic mass is 16.5. The Morgan fingerprint density at radius 2 is 1.75 bits per heavy atom. The zero-order chi connectivity index (χ0) is 17.4. The maximum absolute atomic E-state index is 12.7. The van der Waals surface area contributed by atoms with Gasteiger partial charge >= 0.3 is 0 Å². The Balaban J connectivity index is 2.22. The van der Waals surface area contributed by atoms with Gasteiger partial charge in [-0.1, -0.05) is 55.5 Å². The van der Waals surface area contributed by atoms with Crippen LogP contribution in [0, 0.1) is 0 Å². The van der Waals surface area contributed by atoms with E-state index in [2.05, 4.69) is 17.6 Å². The van der Waals surface area contributed by atoms with Crippen LogP contribution in [0.3, 0.4) is 0 Å². The van der Waals surface area contributed by atoms with E-state index in [9.17, 15) is 4.79 Å². The number of benzene rings is 2. The van der Waals surface area contributed by atoms with Gasteiger partial charge in [0.25, 0.3) is 5.91 Å². The maximum atomic E-state index is 12.7. The van der Waals surface area contributed by atoms with Crippen LogP contribution in [0.4, 0.5) is 0 Å². The highest BCUT2D eigenvalue weighted by Gasteiger charge is 2.23. The molecule has 0 aliphatic rings. The van der Waals surface area contributed by atoms with Gasteiger partial charge in [-0.05, 0) is 32.0 Å². The predicted molar refractivity (Wildman–Crippen MR) is 97.2 cm³/mol. The summed E-state index contributed by atoms with van der Waals surface area (Å²) >= 11 is 0. The molecule has 0 aromatic heterocycles. The Bertz CT molecular complexity index is 643. The number of aryl methyl sites for hydroxylation is 1. The van der Waals surface area contributed by atoms with Crippen LogP contribution in [0.2, 0.25) is 0 Å². The van der Waals surface area contributed by atoms with Crippen molar-refractivity contribution >= 4 is 5.91 Å². The molecule has 0 saturated heterocycles. The summed E-state index contributed by atoms with van der Waals surface area (Å²) in [6.45, 7) is 4.65. The number of ether oxygens (including phenoxy) is 1. The molecule has 2 N–H and O–H groups in total. The first-order valence-electron chi connectivity index (χ1n) is 8.40. The second-order valence-corrected chi connectivity index (χ2v) is 5.80. The van der Waals surface area contributed by atoms with Crippen LogP contribution in [0.1, 0.15) is 31.1 Å². The smallest absolute Gasteiger partial charge is 0.265 e. The third-order valence-electron chi connectivity index (χ3n) is 4.01. The number of carbonyl (C=O) groups excluding carboxylic acids is 1. The molecule has 0 aliphatic heterocycles. The minimum absolute atomic E-state index is 0.130. The molecule has 4 heteroatoms. The first kappa shape index (κ1) is 18.0. The van der Waals surface area contributed by atoms with Crippen molar-refractivity contribution in [2.75, 3.05) is 13.6 Å². The van der Waals surface area contributed by atoms with Crippen LogP contribution in [0.5, 0.6) is 5.75 Å². The van der Waals surface area contributed by atoms with E-state index < -0.39 is 6.10 Å². The van der Waals surface area contributed by atoms with Gasteiger partial charge in [0.05, 0.1) is 0 Å². The topological polar surface area (TPSA) is 50.4 Å². The van der Waals surface area contributed by atoms with Crippen molar-refractivity contribution in [1.82, 2.24) is 10.6 Å². The molecular weight excluding hydrogens is 300 g/mol. The van der Waals surface area contributed by atoms with Crippen molar-refractivity contribution in [3.63, 3.8) is 0 Å². The van der Waals surface area contributed by atoms with E-state index >= 15 is 0 Å². The molecule has 0 saturated carbocycles. The lowest BCUT2D eigenvalue weighted by molar-refractivity contribution is -0.128. The highest BCUT2D eigenvalue weighted by molar-refractivity contribution is 5.82. The Kier molecular flexibility index (Phi) is 6.82. The van der Waals surface area contributed by atoms with Gasteiger partial charge in [0.2, 0.25) is 6.10 Å². The SMILES string of the molecule is CCc1ccccc1OC(C(=O)NCC(C)NC)c1ccccc1. The molecule has 1 amide bonds. The molecule has 2 aromatic carbocycles. The Hall–Kier alpha value is -2.33. The number of hydrogen-bond donors (Lipinski definition) is 2. The fraction of sp³-hybridized carbons (Fsp3) is 0.350. The summed E-state index contributed by atoms with van der Waals surface area (Å²) in [6.07, 6.45) is 0.193. The van der Waals surface area contributed by atoms with E-state index in [1.807, 2.05) is 68.6 Å². The summed E-state index contributed by atoms with van der Waals surface area (Å²) in [4.78, 5) is 12.7. The number of para-hydroxylation sites is 1. The van der Waals surface area contributed by atoms with Crippen LogP contribution >= 0.6 is 0 Å². The molecule has 4 nitrogen and oxygen atoms in total. The average Bonchev–Trinajstić information content (AvgIpc) is 2.64. The number of likely N-dealkylation sites (N-methyl/N-ethyl adjacent to an activating group) is 1. The summed E-state index contributed by atoms with van der Waals surface area (Å²) in [7, 11) is 1.87. The quantitative estimate of drug-likeness (QED) is 0.784. The van der Waals surface area contributed by atoms with Crippen molar-refractivity contribution in [3.05, 3.63) is 65.7 Å². The highest BCUT2D eigenvalue weighted by Crippen LogP contribution is 2.26. The van der Waals surface area contributed by atoms with Gasteiger partial charge in [0, 0.05) is 18.2 Å². The molecular formula is C20H26N2O2. The maximum Gasteiger partial charge on any atom is 0.265 e. The van der Waals surface area contributed by atoms with Crippen LogP contribution < -0.4 is 15.4 Å². The number of hydrogen-bond acceptors (Lipinski definition) is 3. The lowest BCUT2D eigenvalue weighted by atomic mass is 10.1. The second kappa shape index (κ2) is 9.08. The lowest BCUT2D eigenvalue weighted by Crippen LogP contribution is -2.40. The van der Waals surface area contributed by atoms with Gasteiger partial charge in [-0.15, -0.1) is 0 Å². The lowest BCUT2D eigenvalue weighted by Gasteiger charge is -2.21. The predicted octanol–water partition coefficient (Wildman–Crippen LogP) is 3.09. The first-order valence-corrected chi connectivity index (χ1v) is 8.40. The summed E-state index contributed by atoms with van der Waals surface area (Å²) in [5.41, 5.74) is 1.94. The van der Waals surface area contributed by atoms with E-state index in [0.29, 0.717) is 6.54 Å². The first-order chi connectivity index (χ1) is 11.7. The number of carbonyl (C=O) groups is 1. The number of amides is 1. The van der Waals surface area contributed by atoms with E-state index in [0.717, 1.165) is 23.3 Å². The third kappa shape index (κ3) is 4.83. The van der Waals surface area contributed by atoms with Crippen molar-refractivity contribution in [1.29, 1.82) is 0 Å². The Morgan fingerprint density at radius 1 is 1.08 bits per heavy atom. The monoisotopic (exact) mass is 326 g/mol.